The predicted molar refractivity (Wildman–Crippen MR) is 221 cm³/mol. The number of Topliss-reactive ketones (excluding diaryl/α,β-unsaturated/α-hetero) is 1. The summed E-state index contributed by atoms with van der Waals surface area (Å²) in [6.07, 6.45) is 14.3. The molecule has 2 aliphatic heterocycles. The second-order valence-corrected chi connectivity index (χ2v) is 19.2. The third-order valence-corrected chi connectivity index (χ3v) is 16.5. The van der Waals surface area contributed by atoms with Crippen LogP contribution < -0.4 is 5.32 Å². The molecule has 1 amide bonds. The van der Waals surface area contributed by atoms with Gasteiger partial charge in [-0.25, -0.2) is 9.59 Å². The molecule has 12 nitrogen and oxygen atoms in total. The molecule has 316 valence electrons. The summed E-state index contributed by atoms with van der Waals surface area (Å²) in [5, 5.41) is 37.3. The molecule has 13 atom stereocenters. The predicted octanol–water partition coefficient (Wildman–Crippen LogP) is 8.02. The molecule has 0 aromatic carbocycles. The van der Waals surface area contributed by atoms with Crippen molar-refractivity contribution >= 4 is 55.5 Å². The normalized spacial score (nSPS) is 40.8. The van der Waals surface area contributed by atoms with Gasteiger partial charge in [-0.2, -0.15) is 0 Å². The Morgan fingerprint density at radius 2 is 1.86 bits per heavy atom. The lowest BCUT2D eigenvalue weighted by atomic mass is 9.50. The van der Waals surface area contributed by atoms with Gasteiger partial charge in [0.1, 0.15) is 17.0 Å². The zero-order valence-electron chi connectivity index (χ0n) is 33.8. The first-order valence-corrected chi connectivity index (χ1v) is 22.5. The number of rotatable bonds is 7. The highest BCUT2D eigenvalue weighted by molar-refractivity contribution is 9.13. The fourth-order valence-electron chi connectivity index (χ4n) is 11.3. The zero-order chi connectivity index (χ0) is 41.9. The SMILES string of the molecule is CC[C@H]1C[C@]23OC(=O)C(=C(O)[C@]4(CC)[C@@H](C=C[C@@H]5[C@@H](O[C@H]6C[C@@H](O)[C@H](NC(=O)c7[nH]cc(Br)c7Br)[C@@H](C)O6)[C@@H](C)CC[C@@H]54)CCCC/C=C\[C@@]2(C)C=C1C(=O)O)C3=O. The number of ketones is 1. The number of carbonyl (C=O) groups is 4. The van der Waals surface area contributed by atoms with Gasteiger partial charge in [0.15, 0.2) is 11.9 Å². The van der Waals surface area contributed by atoms with E-state index in [1.165, 1.54) is 0 Å². The number of aliphatic hydroxyl groups is 2. The molecule has 1 aromatic rings. The Labute approximate surface area is 356 Å². The van der Waals surface area contributed by atoms with Gasteiger partial charge in [0, 0.05) is 35.9 Å². The largest absolute Gasteiger partial charge is 0.511 e. The van der Waals surface area contributed by atoms with Crippen LogP contribution in [0.4, 0.5) is 0 Å². The molecule has 6 aliphatic rings. The molecule has 2 bridgehead atoms. The minimum atomic E-state index is -1.71. The molecule has 3 fully saturated rings. The Kier molecular flexibility index (Phi) is 12.2. The molecule has 0 unspecified atom stereocenters. The number of halogens is 2. The summed E-state index contributed by atoms with van der Waals surface area (Å²) in [5.41, 5.74) is -3.75. The molecular formula is C44H56Br2N2O10. The van der Waals surface area contributed by atoms with Gasteiger partial charge in [-0.3, -0.25) is 9.59 Å². The highest BCUT2D eigenvalue weighted by atomic mass is 79.9. The maximum absolute atomic E-state index is 15.1. The van der Waals surface area contributed by atoms with Crippen LogP contribution in [0.3, 0.4) is 0 Å². The number of fused-ring (bicyclic) bond motifs is 4. The van der Waals surface area contributed by atoms with E-state index in [9.17, 15) is 29.7 Å². The van der Waals surface area contributed by atoms with Crippen LogP contribution in [0.5, 0.6) is 0 Å². The molecule has 14 heteroatoms. The quantitative estimate of drug-likeness (QED) is 0.102. The summed E-state index contributed by atoms with van der Waals surface area (Å²) in [6, 6.07) is -0.687. The molecule has 1 saturated carbocycles. The minimum Gasteiger partial charge on any atom is -0.511 e. The summed E-state index contributed by atoms with van der Waals surface area (Å²) in [5.74, 6) is -4.20. The number of aliphatic hydroxyl groups excluding tert-OH is 2. The maximum atomic E-state index is 15.1. The average Bonchev–Trinajstić information content (AvgIpc) is 3.65. The van der Waals surface area contributed by atoms with E-state index < -0.39 is 64.6 Å². The van der Waals surface area contributed by atoms with Crippen LogP contribution in [-0.2, 0) is 28.6 Å². The van der Waals surface area contributed by atoms with Crippen LogP contribution in [-0.4, -0.2) is 80.2 Å². The monoisotopic (exact) mass is 930 g/mol. The first kappa shape index (κ1) is 43.1. The van der Waals surface area contributed by atoms with Crippen LogP contribution in [0.1, 0.15) is 109 Å². The van der Waals surface area contributed by atoms with Crippen molar-refractivity contribution in [2.45, 2.75) is 135 Å². The number of aromatic nitrogens is 1. The number of carboxylic acids is 1. The Balaban J connectivity index is 1.21. The Morgan fingerprint density at radius 3 is 2.52 bits per heavy atom. The van der Waals surface area contributed by atoms with E-state index in [2.05, 4.69) is 61.2 Å². The van der Waals surface area contributed by atoms with Crippen molar-refractivity contribution in [1.29, 1.82) is 0 Å². The lowest BCUT2D eigenvalue weighted by molar-refractivity contribution is -0.258. The van der Waals surface area contributed by atoms with E-state index in [0.29, 0.717) is 33.9 Å². The first-order valence-electron chi connectivity index (χ1n) is 20.9. The van der Waals surface area contributed by atoms with Crippen molar-refractivity contribution < 1.29 is 48.7 Å². The summed E-state index contributed by atoms with van der Waals surface area (Å²) in [4.78, 5) is 57.8. The van der Waals surface area contributed by atoms with Crippen molar-refractivity contribution in [2.75, 3.05) is 0 Å². The molecule has 7 rings (SSSR count). The highest BCUT2D eigenvalue weighted by Gasteiger charge is 2.67. The standard InChI is InChI=1S/C44H56Br2N2O10/c1-6-24-19-44-38(51)32(41(55)58-44)37(50)43(7-2)25(12-10-8-9-11-17-42(44,5)20-27(24)40(53)54)14-15-26-28(43)16-13-22(3)36(26)57-31-18-30(49)34(23(4)56-31)48-39(52)35-33(46)29(45)21-47-35/h11,14-15,17,20-26,28,30-31,34,36,47,49-50H,6-10,12-13,16,18-19H2,1-5H3,(H,48,52)(H,53,54)/b17-11-,37-32?/t22-,23+,24-,25+,26-,28-,30+,31-,34+,36-,42-,43+,44+/m0/s1. The Hall–Kier alpha value is -3.04. The number of ether oxygens (including phenoxy) is 3. The lowest BCUT2D eigenvalue weighted by Crippen LogP contribution is -2.58. The Bertz CT molecular complexity index is 1940. The number of hydrogen-bond donors (Lipinski definition) is 5. The fourth-order valence-corrected chi connectivity index (χ4v) is 12.0. The molecule has 1 spiro atoms. The number of carboxylic acid groups (broad SMARTS) is 1. The molecular weight excluding hydrogens is 876 g/mol. The van der Waals surface area contributed by atoms with E-state index in [1.807, 2.05) is 26.0 Å². The number of esters is 1. The number of allylic oxidation sites excluding steroid dienone is 3. The molecule has 1 aromatic heterocycles. The van der Waals surface area contributed by atoms with E-state index in [4.69, 9.17) is 14.2 Å². The van der Waals surface area contributed by atoms with Gasteiger partial charge in [0.05, 0.1) is 38.7 Å². The van der Waals surface area contributed by atoms with E-state index in [0.717, 1.165) is 32.1 Å². The minimum absolute atomic E-state index is 0.00323. The highest BCUT2D eigenvalue weighted by Crippen LogP contribution is 2.61. The van der Waals surface area contributed by atoms with Crippen molar-refractivity contribution in [3.63, 3.8) is 0 Å². The van der Waals surface area contributed by atoms with Crippen molar-refractivity contribution in [3.05, 3.63) is 68.1 Å². The van der Waals surface area contributed by atoms with E-state index >= 15 is 4.79 Å². The average molecular weight is 933 g/mol. The summed E-state index contributed by atoms with van der Waals surface area (Å²) in [6.45, 7) is 9.55. The molecule has 0 radical (unpaired) electrons. The van der Waals surface area contributed by atoms with Gasteiger partial charge in [-0.1, -0.05) is 57.6 Å². The molecule has 3 heterocycles. The number of aromatic amines is 1. The van der Waals surface area contributed by atoms with Crippen molar-refractivity contribution in [3.8, 4) is 0 Å². The summed E-state index contributed by atoms with van der Waals surface area (Å²) >= 11 is 6.79. The number of amides is 1. The number of nitrogens with one attached hydrogen (secondary N) is 2. The molecule has 5 N–H and O–H groups in total. The first-order chi connectivity index (χ1) is 27.5. The fraction of sp³-hybridized carbons (Fsp3) is 0.636. The van der Waals surface area contributed by atoms with Gasteiger partial charge in [-0.15, -0.1) is 0 Å². The van der Waals surface area contributed by atoms with Crippen LogP contribution >= 0.6 is 31.9 Å². The topological polar surface area (TPSA) is 184 Å². The second-order valence-electron chi connectivity index (χ2n) is 17.6. The van der Waals surface area contributed by atoms with E-state index in [1.54, 1.807) is 26.1 Å². The van der Waals surface area contributed by atoms with Gasteiger partial charge in [-0.05, 0) is 114 Å². The smallest absolute Gasteiger partial charge is 0.346 e. The second kappa shape index (κ2) is 16.4. The molecule has 4 aliphatic carbocycles. The number of aliphatic carboxylic acids is 1. The number of H-pyrrole nitrogens is 1. The zero-order valence-corrected chi connectivity index (χ0v) is 36.9. The lowest BCUT2D eigenvalue weighted by Gasteiger charge is -2.55. The van der Waals surface area contributed by atoms with Gasteiger partial charge in [0.25, 0.3) is 5.91 Å². The summed E-state index contributed by atoms with van der Waals surface area (Å²) in [7, 11) is 0. The van der Waals surface area contributed by atoms with Crippen molar-refractivity contribution in [1.82, 2.24) is 10.3 Å². The molecule has 2 saturated heterocycles. The third-order valence-electron chi connectivity index (χ3n) is 14.5. The Morgan fingerprint density at radius 1 is 1.10 bits per heavy atom. The van der Waals surface area contributed by atoms with Gasteiger partial charge < -0.3 is 39.8 Å². The van der Waals surface area contributed by atoms with Crippen molar-refractivity contribution in [2.24, 2.45) is 40.4 Å². The van der Waals surface area contributed by atoms with E-state index in [-0.39, 0.29) is 65.4 Å². The maximum Gasteiger partial charge on any atom is 0.346 e. The summed E-state index contributed by atoms with van der Waals surface area (Å²) < 4.78 is 20.7. The number of carbonyl (C=O) groups excluding carboxylic acids is 3. The van der Waals surface area contributed by atoms with Crippen LogP contribution in [0, 0.1) is 40.4 Å². The van der Waals surface area contributed by atoms with Crippen LogP contribution in [0.25, 0.3) is 0 Å². The van der Waals surface area contributed by atoms with Crippen LogP contribution in [0.2, 0.25) is 0 Å². The third kappa shape index (κ3) is 7.00. The van der Waals surface area contributed by atoms with Crippen LogP contribution in [0.15, 0.2) is 62.4 Å². The molecule has 58 heavy (non-hydrogen) atoms. The van der Waals surface area contributed by atoms with Gasteiger partial charge >= 0.3 is 11.9 Å². The number of hydrogen-bond acceptors (Lipinski definition) is 9. The van der Waals surface area contributed by atoms with Gasteiger partial charge in [0.2, 0.25) is 5.78 Å².